The van der Waals surface area contributed by atoms with Gasteiger partial charge in [-0.25, -0.2) is 0 Å². The van der Waals surface area contributed by atoms with Gasteiger partial charge in [-0.3, -0.25) is 14.5 Å². The molecule has 2 aliphatic rings. The van der Waals surface area contributed by atoms with E-state index >= 15 is 0 Å². The van der Waals surface area contributed by atoms with Gasteiger partial charge in [-0.1, -0.05) is 12.1 Å². The number of furan rings is 1. The SMILES string of the molecule is O=C(CN1CCCC1CN1CCCC1)Nc1ccccc1C(=O)NCc1ccco1. The molecule has 2 N–H and O–H groups in total. The van der Waals surface area contributed by atoms with E-state index in [9.17, 15) is 9.59 Å². The molecular formula is C23H30N4O3. The van der Waals surface area contributed by atoms with Crippen molar-refractivity contribution in [3.8, 4) is 0 Å². The van der Waals surface area contributed by atoms with Gasteiger partial charge in [0.25, 0.3) is 5.91 Å². The third-order valence-corrected chi connectivity index (χ3v) is 5.96. The van der Waals surface area contributed by atoms with Crippen LogP contribution < -0.4 is 10.6 Å². The number of anilines is 1. The molecule has 2 saturated heterocycles. The first kappa shape index (κ1) is 20.6. The summed E-state index contributed by atoms with van der Waals surface area (Å²) >= 11 is 0. The molecule has 2 aliphatic heterocycles. The van der Waals surface area contributed by atoms with Gasteiger partial charge in [-0.15, -0.1) is 0 Å². The van der Waals surface area contributed by atoms with Crippen LogP contribution in [0.25, 0.3) is 0 Å². The van der Waals surface area contributed by atoms with Crippen LogP contribution >= 0.6 is 0 Å². The Hall–Kier alpha value is -2.64. The highest BCUT2D eigenvalue weighted by Crippen LogP contribution is 2.21. The Morgan fingerprint density at radius 2 is 1.87 bits per heavy atom. The molecular weight excluding hydrogens is 380 g/mol. The minimum atomic E-state index is -0.240. The fourth-order valence-electron chi connectivity index (χ4n) is 4.41. The summed E-state index contributed by atoms with van der Waals surface area (Å²) in [6.45, 7) is 5.03. The maximum atomic E-state index is 12.8. The standard InChI is InChI=1S/C23H30N4O3/c28-22(17-27-13-5-7-18(27)16-26-11-3-4-12-26)25-21-10-2-1-9-20(21)23(29)24-15-19-8-6-14-30-19/h1-2,6,8-10,14,18H,3-5,7,11-13,15-17H2,(H,24,29)(H,25,28). The lowest BCUT2D eigenvalue weighted by molar-refractivity contribution is -0.117. The Morgan fingerprint density at radius 3 is 2.67 bits per heavy atom. The monoisotopic (exact) mass is 410 g/mol. The van der Waals surface area contributed by atoms with E-state index in [2.05, 4.69) is 20.4 Å². The zero-order valence-electron chi connectivity index (χ0n) is 17.3. The lowest BCUT2D eigenvalue weighted by Crippen LogP contribution is -2.42. The minimum Gasteiger partial charge on any atom is -0.467 e. The number of carbonyl (C=O) groups excluding carboxylic acids is 2. The smallest absolute Gasteiger partial charge is 0.253 e. The van der Waals surface area contributed by atoms with Gasteiger partial charge in [-0.05, 0) is 69.6 Å². The summed E-state index contributed by atoms with van der Waals surface area (Å²) in [6.07, 6.45) is 6.43. The van der Waals surface area contributed by atoms with Crippen LogP contribution in [0.5, 0.6) is 0 Å². The van der Waals surface area contributed by atoms with Gasteiger partial charge in [0.05, 0.1) is 30.6 Å². The molecule has 1 aromatic carbocycles. The molecule has 2 fully saturated rings. The predicted octanol–water partition coefficient (Wildman–Crippen LogP) is 2.71. The molecule has 2 aromatic rings. The molecule has 1 unspecified atom stereocenters. The molecule has 4 rings (SSSR count). The maximum Gasteiger partial charge on any atom is 0.253 e. The van der Waals surface area contributed by atoms with Crippen LogP contribution in [0.2, 0.25) is 0 Å². The highest BCUT2D eigenvalue weighted by Gasteiger charge is 2.29. The first-order valence-electron chi connectivity index (χ1n) is 10.8. The van der Waals surface area contributed by atoms with Crippen molar-refractivity contribution >= 4 is 17.5 Å². The Kier molecular flexibility index (Phi) is 6.81. The normalized spacial score (nSPS) is 19.8. The number of nitrogens with one attached hydrogen (secondary N) is 2. The van der Waals surface area contributed by atoms with Crippen LogP contribution in [0, 0.1) is 0 Å². The topological polar surface area (TPSA) is 77.8 Å². The highest BCUT2D eigenvalue weighted by atomic mass is 16.3. The minimum absolute atomic E-state index is 0.0744. The van der Waals surface area contributed by atoms with E-state index in [4.69, 9.17) is 4.42 Å². The van der Waals surface area contributed by atoms with Crippen molar-refractivity contribution in [1.82, 2.24) is 15.1 Å². The maximum absolute atomic E-state index is 12.8. The molecule has 0 spiro atoms. The van der Waals surface area contributed by atoms with E-state index < -0.39 is 0 Å². The van der Waals surface area contributed by atoms with Gasteiger partial charge in [0.1, 0.15) is 5.76 Å². The first-order chi connectivity index (χ1) is 14.7. The summed E-state index contributed by atoms with van der Waals surface area (Å²) < 4.78 is 5.25. The molecule has 2 amide bonds. The zero-order chi connectivity index (χ0) is 20.8. The Bertz CT molecular complexity index is 846. The average Bonchev–Trinajstić information content (AvgIpc) is 3.51. The number of para-hydroxylation sites is 1. The molecule has 0 saturated carbocycles. The Labute approximate surface area is 177 Å². The lowest BCUT2D eigenvalue weighted by atomic mass is 10.1. The summed E-state index contributed by atoms with van der Waals surface area (Å²) in [4.78, 5) is 30.2. The second kappa shape index (κ2) is 9.91. The molecule has 1 aromatic heterocycles. The summed E-state index contributed by atoms with van der Waals surface area (Å²) in [5.41, 5.74) is 0.988. The van der Waals surface area contributed by atoms with Crippen LogP contribution in [0.15, 0.2) is 47.1 Å². The molecule has 7 nitrogen and oxygen atoms in total. The second-order valence-corrected chi connectivity index (χ2v) is 8.13. The van der Waals surface area contributed by atoms with Gasteiger partial charge in [0.15, 0.2) is 0 Å². The molecule has 3 heterocycles. The second-order valence-electron chi connectivity index (χ2n) is 8.13. The highest BCUT2D eigenvalue weighted by molar-refractivity contribution is 6.04. The van der Waals surface area contributed by atoms with Crippen molar-refractivity contribution in [3.63, 3.8) is 0 Å². The van der Waals surface area contributed by atoms with E-state index in [1.807, 2.05) is 12.1 Å². The number of carbonyl (C=O) groups is 2. The van der Waals surface area contributed by atoms with Crippen LogP contribution in [0.3, 0.4) is 0 Å². The van der Waals surface area contributed by atoms with E-state index in [0.717, 1.165) is 25.9 Å². The fraction of sp³-hybridized carbons (Fsp3) is 0.478. The molecule has 0 bridgehead atoms. The van der Waals surface area contributed by atoms with Crippen LogP contribution in [-0.4, -0.2) is 60.4 Å². The van der Waals surface area contributed by atoms with Gasteiger partial charge in [0, 0.05) is 12.6 Å². The molecule has 30 heavy (non-hydrogen) atoms. The number of hydrogen-bond acceptors (Lipinski definition) is 5. The summed E-state index contributed by atoms with van der Waals surface area (Å²) in [6, 6.07) is 11.1. The molecule has 0 radical (unpaired) electrons. The summed E-state index contributed by atoms with van der Waals surface area (Å²) in [7, 11) is 0. The Morgan fingerprint density at radius 1 is 1.03 bits per heavy atom. The third kappa shape index (κ3) is 5.29. The first-order valence-corrected chi connectivity index (χ1v) is 10.8. The van der Waals surface area contributed by atoms with Gasteiger partial charge >= 0.3 is 0 Å². The van der Waals surface area contributed by atoms with Crippen molar-refractivity contribution in [1.29, 1.82) is 0 Å². The predicted molar refractivity (Wildman–Crippen MR) is 115 cm³/mol. The number of nitrogens with zero attached hydrogens (tertiary/aromatic N) is 2. The summed E-state index contributed by atoms with van der Waals surface area (Å²) in [5, 5.41) is 5.78. The number of amides is 2. The van der Waals surface area contributed by atoms with Gasteiger partial charge in [-0.2, -0.15) is 0 Å². The number of rotatable bonds is 8. The van der Waals surface area contributed by atoms with Gasteiger partial charge in [0.2, 0.25) is 5.91 Å². The molecule has 1 atom stereocenters. The lowest BCUT2D eigenvalue weighted by Gasteiger charge is -2.28. The summed E-state index contributed by atoms with van der Waals surface area (Å²) in [5.74, 6) is 0.368. The van der Waals surface area contributed by atoms with Crippen molar-refractivity contribution in [2.45, 2.75) is 38.3 Å². The molecule has 160 valence electrons. The number of benzene rings is 1. The fourth-order valence-corrected chi connectivity index (χ4v) is 4.41. The zero-order valence-corrected chi connectivity index (χ0v) is 17.3. The Balaban J connectivity index is 1.33. The van der Waals surface area contributed by atoms with Crippen molar-refractivity contribution in [2.75, 3.05) is 38.0 Å². The molecule has 7 heteroatoms. The van der Waals surface area contributed by atoms with E-state index in [1.165, 1.54) is 25.9 Å². The molecule has 0 aliphatic carbocycles. The van der Waals surface area contributed by atoms with Crippen LogP contribution in [-0.2, 0) is 11.3 Å². The van der Waals surface area contributed by atoms with Crippen molar-refractivity contribution < 1.29 is 14.0 Å². The van der Waals surface area contributed by atoms with Gasteiger partial charge < -0.3 is 20.0 Å². The quantitative estimate of drug-likeness (QED) is 0.700. The number of hydrogen-bond donors (Lipinski definition) is 2. The van der Waals surface area contributed by atoms with Crippen LogP contribution in [0.4, 0.5) is 5.69 Å². The largest absolute Gasteiger partial charge is 0.467 e. The van der Waals surface area contributed by atoms with Crippen LogP contribution in [0.1, 0.15) is 41.8 Å². The van der Waals surface area contributed by atoms with E-state index in [0.29, 0.717) is 36.1 Å². The van der Waals surface area contributed by atoms with Crippen molar-refractivity contribution in [2.24, 2.45) is 0 Å². The number of likely N-dealkylation sites (tertiary alicyclic amines) is 2. The van der Waals surface area contributed by atoms with E-state index in [1.54, 1.807) is 30.5 Å². The van der Waals surface area contributed by atoms with E-state index in [-0.39, 0.29) is 11.8 Å². The average molecular weight is 411 g/mol. The third-order valence-electron chi connectivity index (χ3n) is 5.96. The van der Waals surface area contributed by atoms with Crippen molar-refractivity contribution in [3.05, 3.63) is 54.0 Å².